The molecule has 1 fully saturated rings. The molecule has 31 heavy (non-hydrogen) atoms. The van der Waals surface area contributed by atoms with E-state index < -0.39 is 42.9 Å². The Morgan fingerprint density at radius 3 is 2.42 bits per heavy atom. The molecule has 1 atom stereocenters. The van der Waals surface area contributed by atoms with Gasteiger partial charge in [0.25, 0.3) is 10.2 Å². The molecule has 3 rings (SSSR count). The first kappa shape index (κ1) is 24.1. The molecule has 1 saturated heterocycles. The van der Waals surface area contributed by atoms with Crippen molar-refractivity contribution in [2.24, 2.45) is 0 Å². The highest BCUT2D eigenvalue weighted by Gasteiger charge is 2.50. The molecule has 0 amide bonds. The second-order valence-electron chi connectivity index (χ2n) is 7.49. The smallest absolute Gasteiger partial charge is 0.305 e. The molecule has 1 N–H and O–H groups in total. The zero-order chi connectivity index (χ0) is 23.0. The van der Waals surface area contributed by atoms with Crippen LogP contribution in [0.25, 0.3) is 10.4 Å². The zero-order valence-corrected chi connectivity index (χ0v) is 20.2. The number of aliphatic carboxylic acids is 1. The van der Waals surface area contributed by atoms with Crippen LogP contribution in [-0.4, -0.2) is 69.5 Å². The highest BCUT2D eigenvalue weighted by atomic mass is 35.5. The number of nitrogens with zero attached hydrogens (tertiary/aromatic N) is 2. The minimum atomic E-state index is -3.98. The third-order valence-corrected chi connectivity index (χ3v) is 11.5. The van der Waals surface area contributed by atoms with Gasteiger partial charge in [0.05, 0.1) is 12.2 Å². The summed E-state index contributed by atoms with van der Waals surface area (Å²) in [5, 5.41) is 10.1. The molecular weight excluding hydrogens is 484 g/mol. The summed E-state index contributed by atoms with van der Waals surface area (Å²) in [4.78, 5) is 12.9. The fourth-order valence-electron chi connectivity index (χ4n) is 3.61. The first-order chi connectivity index (χ1) is 14.4. The highest BCUT2D eigenvalue weighted by Crippen LogP contribution is 2.45. The van der Waals surface area contributed by atoms with Gasteiger partial charge in [-0.1, -0.05) is 23.7 Å². The van der Waals surface area contributed by atoms with E-state index in [4.69, 9.17) is 11.6 Å². The minimum absolute atomic E-state index is 0.0960. The Morgan fingerprint density at radius 2 is 1.84 bits per heavy atom. The number of rotatable bonds is 6. The van der Waals surface area contributed by atoms with Gasteiger partial charge in [0.1, 0.15) is 4.75 Å². The van der Waals surface area contributed by atoms with E-state index in [2.05, 4.69) is 0 Å². The van der Waals surface area contributed by atoms with Crippen LogP contribution in [0.15, 0.2) is 36.4 Å². The van der Waals surface area contributed by atoms with Crippen LogP contribution in [0.4, 0.5) is 0 Å². The number of carbonyl (C=O) groups is 1. The average Bonchev–Trinajstić information content (AvgIpc) is 3.12. The number of sulfone groups is 1. The predicted molar refractivity (Wildman–Crippen MR) is 121 cm³/mol. The molecule has 0 aliphatic carbocycles. The van der Waals surface area contributed by atoms with Crippen LogP contribution in [0.5, 0.6) is 0 Å². The molecule has 0 bridgehead atoms. The molecule has 2 heterocycles. The normalized spacial score (nSPS) is 22.3. The van der Waals surface area contributed by atoms with Gasteiger partial charge in [0.2, 0.25) is 0 Å². The van der Waals surface area contributed by atoms with Gasteiger partial charge < -0.3 is 5.11 Å². The van der Waals surface area contributed by atoms with Gasteiger partial charge in [0.15, 0.2) is 9.84 Å². The molecule has 8 nitrogen and oxygen atoms in total. The van der Waals surface area contributed by atoms with E-state index in [9.17, 15) is 26.7 Å². The molecule has 0 saturated carbocycles. The fourth-order valence-corrected chi connectivity index (χ4v) is 8.56. The second kappa shape index (κ2) is 8.80. The number of halogens is 1. The molecule has 1 aromatic carbocycles. The summed E-state index contributed by atoms with van der Waals surface area (Å²) in [6.45, 7) is -0.319. The number of carboxylic acids is 1. The summed E-state index contributed by atoms with van der Waals surface area (Å²) in [7, 11) is -5.07. The monoisotopic (exact) mass is 506 g/mol. The summed E-state index contributed by atoms with van der Waals surface area (Å²) < 4.78 is 52.3. The predicted octanol–water partition coefficient (Wildman–Crippen LogP) is 2.67. The molecule has 1 aliphatic heterocycles. The Kier molecular flexibility index (Phi) is 6.85. The van der Waals surface area contributed by atoms with Crippen molar-refractivity contribution in [2.45, 2.75) is 17.6 Å². The van der Waals surface area contributed by atoms with Crippen LogP contribution in [0.2, 0.25) is 5.02 Å². The molecule has 0 radical (unpaired) electrons. The van der Waals surface area contributed by atoms with E-state index in [1.807, 2.05) is 0 Å². The Balaban J connectivity index is 2.07. The van der Waals surface area contributed by atoms with Crippen molar-refractivity contribution in [3.8, 4) is 10.4 Å². The molecule has 12 heteroatoms. The van der Waals surface area contributed by atoms with Crippen molar-refractivity contribution in [1.82, 2.24) is 8.61 Å². The van der Waals surface area contributed by atoms with Crippen LogP contribution in [0, 0.1) is 0 Å². The molecule has 1 aromatic heterocycles. The molecule has 1 aliphatic rings. The maximum atomic E-state index is 13.4. The van der Waals surface area contributed by atoms with Gasteiger partial charge >= 0.3 is 5.97 Å². The van der Waals surface area contributed by atoms with E-state index >= 15 is 0 Å². The fraction of sp³-hybridized carbons (Fsp3) is 0.421. The lowest BCUT2D eigenvalue weighted by Gasteiger charge is -2.30. The maximum Gasteiger partial charge on any atom is 0.305 e. The third kappa shape index (κ3) is 4.67. The lowest BCUT2D eigenvalue weighted by atomic mass is 9.98. The van der Waals surface area contributed by atoms with Gasteiger partial charge in [-0.15, -0.1) is 11.3 Å². The molecule has 170 valence electrons. The van der Waals surface area contributed by atoms with Crippen molar-refractivity contribution < 1.29 is 26.7 Å². The lowest BCUT2D eigenvalue weighted by Crippen LogP contribution is -2.41. The van der Waals surface area contributed by atoms with Crippen molar-refractivity contribution in [3.63, 3.8) is 0 Å². The standard InChI is InChI=1S/C19H23ClN2O6S3/c1-21(2)31(27,28)22-10-9-19(13-18(23)24,30(25,26)12-11-22)17-8-7-16(29-17)14-3-5-15(20)6-4-14/h3-8H,9-13H2,1-2H3,(H,23,24)/t19-/m0/s1. The number of hydrogen-bond donors (Lipinski definition) is 1. The average molecular weight is 507 g/mol. The third-order valence-electron chi connectivity index (χ3n) is 5.38. The second-order valence-corrected chi connectivity index (χ2v) is 13.6. The Morgan fingerprint density at radius 1 is 1.19 bits per heavy atom. The number of carboxylic acid groups (broad SMARTS) is 1. The molecule has 2 aromatic rings. The quantitative estimate of drug-likeness (QED) is 0.644. The number of thiophene rings is 1. The van der Waals surface area contributed by atoms with Gasteiger partial charge in [-0.2, -0.15) is 17.0 Å². The van der Waals surface area contributed by atoms with Crippen LogP contribution >= 0.6 is 22.9 Å². The van der Waals surface area contributed by atoms with Crippen molar-refractivity contribution in [1.29, 1.82) is 0 Å². The van der Waals surface area contributed by atoms with Gasteiger partial charge in [0, 0.05) is 42.0 Å². The van der Waals surface area contributed by atoms with E-state index in [1.165, 1.54) is 25.4 Å². The van der Waals surface area contributed by atoms with Crippen LogP contribution in [0.3, 0.4) is 0 Å². The molecule has 0 unspecified atom stereocenters. The van der Waals surface area contributed by atoms with E-state index in [1.54, 1.807) is 36.4 Å². The number of hydrogen-bond acceptors (Lipinski definition) is 6. The lowest BCUT2D eigenvalue weighted by molar-refractivity contribution is -0.137. The Bertz CT molecular complexity index is 1180. The first-order valence-corrected chi connectivity index (χ1v) is 13.6. The zero-order valence-electron chi connectivity index (χ0n) is 17.0. The SMILES string of the molecule is CN(C)S(=O)(=O)N1CC[C@](CC(=O)O)(c2ccc(-c3ccc(Cl)cc3)s2)S(=O)(=O)CC1. The Hall–Kier alpha value is -1.50. The molecule has 0 spiro atoms. The summed E-state index contributed by atoms with van der Waals surface area (Å²) >= 11 is 7.14. The summed E-state index contributed by atoms with van der Waals surface area (Å²) in [5.74, 6) is -1.71. The molecular formula is C19H23ClN2O6S3. The van der Waals surface area contributed by atoms with E-state index in [-0.39, 0.29) is 19.5 Å². The van der Waals surface area contributed by atoms with Gasteiger partial charge in [-0.3, -0.25) is 4.79 Å². The van der Waals surface area contributed by atoms with E-state index in [0.717, 1.165) is 19.1 Å². The van der Waals surface area contributed by atoms with Gasteiger partial charge in [-0.05, 0) is 36.2 Å². The van der Waals surface area contributed by atoms with Crippen molar-refractivity contribution in [2.75, 3.05) is 32.9 Å². The topological polar surface area (TPSA) is 112 Å². The maximum absolute atomic E-state index is 13.4. The van der Waals surface area contributed by atoms with Gasteiger partial charge in [-0.25, -0.2) is 8.42 Å². The van der Waals surface area contributed by atoms with Crippen LogP contribution in [0.1, 0.15) is 17.7 Å². The van der Waals surface area contributed by atoms with Crippen molar-refractivity contribution in [3.05, 3.63) is 46.3 Å². The summed E-state index contributed by atoms with van der Waals surface area (Å²) in [6, 6.07) is 10.4. The van der Waals surface area contributed by atoms with Crippen LogP contribution in [-0.2, 0) is 29.6 Å². The van der Waals surface area contributed by atoms with Crippen LogP contribution < -0.4 is 0 Å². The summed E-state index contributed by atoms with van der Waals surface area (Å²) in [6.07, 6.45) is -0.777. The van der Waals surface area contributed by atoms with Crippen molar-refractivity contribution >= 4 is 49.0 Å². The largest absolute Gasteiger partial charge is 0.481 e. The Labute approximate surface area is 191 Å². The first-order valence-electron chi connectivity index (χ1n) is 9.37. The summed E-state index contributed by atoms with van der Waals surface area (Å²) in [5.41, 5.74) is 0.828. The minimum Gasteiger partial charge on any atom is -0.481 e. The number of benzene rings is 1. The highest BCUT2D eigenvalue weighted by molar-refractivity contribution is 7.92. The van der Waals surface area contributed by atoms with E-state index in [0.29, 0.717) is 9.90 Å².